The van der Waals surface area contributed by atoms with E-state index >= 15 is 0 Å². The molecule has 0 aliphatic carbocycles. The Morgan fingerprint density at radius 2 is 0.811 bits per heavy atom. The van der Waals surface area contributed by atoms with Gasteiger partial charge >= 0.3 is 21.1 Å². The number of phosphoric acid groups is 4. The van der Waals surface area contributed by atoms with Gasteiger partial charge in [0.15, 0.2) is 58.9 Å². The fourth-order valence-corrected chi connectivity index (χ4v) is 14.9. The minimum absolute atomic E-state index is 0. The molecule has 0 amide bonds. The van der Waals surface area contributed by atoms with Gasteiger partial charge in [-0.3, -0.25) is 66.5 Å². The number of imidazole rings is 2. The zero-order valence-electron chi connectivity index (χ0n) is 46.6. The molecule has 12 heterocycles. The normalized spacial score (nSPS) is 29.4. The number of fused-ring (bicyclic) bond motifs is 6. The predicted molar refractivity (Wildman–Crippen MR) is 315 cm³/mol. The fraction of sp³-hybridized carbons (Fsp3) is 0.450. The van der Waals surface area contributed by atoms with Crippen LogP contribution in [0.2, 0.25) is 0 Å². The Balaban J connectivity index is 0.000000205. The van der Waals surface area contributed by atoms with Crippen LogP contribution in [0.4, 0.5) is 46.8 Å². The Hall–Kier alpha value is -5.89. The SMILES string of the molecule is Nc1nc2c(c(=O)[nH]1)NC1C([S-])=C([S-])C(COP(=O)([O-])OP(=O)([O-])OCC3O[C@@H](n4cnc5c(=O)[nH]c(N)nc54)[C@H](O)[C@@H]3O)OC1N2.Nc1nc2c(c(=O)[nH]1)NC1C([S-])=C([S-])C(COP(=O)([O-])OP(=O)([O-])OCC3O[C@@H](n4cnc5c(=O)[nH]c(N)nc54)[C@H](O)[C@@H]3O)OC1N2.[Mo+4]. The molecule has 95 heavy (non-hydrogen) atoms. The second kappa shape index (κ2) is 27.4. The molecule has 6 aliphatic rings. The molecule has 0 aromatic carbocycles. The number of phosphoric ester groups is 4. The molecule has 0 spiro atoms. The van der Waals surface area contributed by atoms with Crippen molar-refractivity contribution in [1.82, 2.24) is 59.0 Å². The second-order valence-corrected chi connectivity index (χ2v) is 27.9. The van der Waals surface area contributed by atoms with Crippen LogP contribution in [0.5, 0.6) is 0 Å². The number of nitrogens with two attached hydrogens (primary N) is 4. The summed E-state index contributed by atoms with van der Waals surface area (Å²) >= 11 is 21.3. The number of aliphatic hydroxyl groups is 4. The number of hydrogen-bond acceptors (Lipinski definition) is 44. The van der Waals surface area contributed by atoms with Crippen LogP contribution in [0.15, 0.2) is 51.5 Å². The van der Waals surface area contributed by atoms with Gasteiger partial charge < -0.3 is 172 Å². The molecule has 12 rings (SSSR count). The molecular weight excluding hydrogens is 1520 g/mol. The van der Waals surface area contributed by atoms with E-state index in [9.17, 15) is 77.4 Å². The van der Waals surface area contributed by atoms with Crippen molar-refractivity contribution >= 4 is 151 Å². The quantitative estimate of drug-likeness (QED) is 0.0216. The van der Waals surface area contributed by atoms with Crippen LogP contribution >= 0.6 is 31.3 Å². The van der Waals surface area contributed by atoms with Gasteiger partial charge in [-0.05, 0) is 0 Å². The van der Waals surface area contributed by atoms with Gasteiger partial charge in [-0.25, -0.2) is 18.6 Å². The summed E-state index contributed by atoms with van der Waals surface area (Å²) in [4.78, 5) is 131. The van der Waals surface area contributed by atoms with Gasteiger partial charge in [0.05, 0.1) is 63.4 Å². The van der Waals surface area contributed by atoms with Crippen molar-refractivity contribution in [2.75, 3.05) is 70.6 Å². The van der Waals surface area contributed by atoms with Gasteiger partial charge in [0, 0.05) is 0 Å². The van der Waals surface area contributed by atoms with E-state index in [1.54, 1.807) is 0 Å². The molecular formula is C40H44MoN20O26P4S4-4. The second-order valence-electron chi connectivity index (χ2n) is 20.2. The van der Waals surface area contributed by atoms with E-state index in [4.69, 9.17) is 92.4 Å². The van der Waals surface area contributed by atoms with Crippen molar-refractivity contribution in [3.05, 3.63) is 73.7 Å². The molecule has 514 valence electrons. The van der Waals surface area contributed by atoms with Crippen LogP contribution in [0, 0.1) is 0 Å². The van der Waals surface area contributed by atoms with E-state index in [0.717, 1.165) is 21.8 Å². The van der Waals surface area contributed by atoms with E-state index in [-0.39, 0.29) is 110 Å². The minimum Gasteiger partial charge on any atom is -0.783 e. The average molecular weight is 1570 g/mol. The van der Waals surface area contributed by atoms with Crippen LogP contribution < -0.4 is 86.0 Å². The average Bonchev–Trinajstić information content (AvgIpc) is 1.63. The van der Waals surface area contributed by atoms with Gasteiger partial charge in [0.25, 0.3) is 53.5 Å². The summed E-state index contributed by atoms with van der Waals surface area (Å²) in [6.45, 7) is -3.79. The maximum atomic E-state index is 12.4. The number of anilines is 8. The Bertz CT molecular complexity index is 4240. The summed E-state index contributed by atoms with van der Waals surface area (Å²) in [5.41, 5.74) is 19.2. The van der Waals surface area contributed by atoms with Crippen molar-refractivity contribution in [3.63, 3.8) is 0 Å². The van der Waals surface area contributed by atoms with Crippen LogP contribution in [-0.2, 0) is 136 Å². The molecule has 2 saturated heterocycles. The Labute approximate surface area is 562 Å². The first-order valence-electron chi connectivity index (χ1n) is 26.1. The summed E-state index contributed by atoms with van der Waals surface area (Å²) in [6, 6.07) is -1.68. The molecule has 46 nitrogen and oxygen atoms in total. The molecule has 20 N–H and O–H groups in total. The Morgan fingerprint density at radius 1 is 0.484 bits per heavy atom. The van der Waals surface area contributed by atoms with Gasteiger partial charge in [0.1, 0.15) is 48.0 Å². The van der Waals surface area contributed by atoms with E-state index < -0.39 is 166 Å². The van der Waals surface area contributed by atoms with Crippen molar-refractivity contribution in [2.45, 2.75) is 85.8 Å². The summed E-state index contributed by atoms with van der Waals surface area (Å²) in [6.07, 6.45) is -15.4. The number of hydrogen-bond donors (Lipinski definition) is 16. The third-order valence-electron chi connectivity index (χ3n) is 14.0. The van der Waals surface area contributed by atoms with Crippen LogP contribution in [0.25, 0.3) is 22.3 Å². The van der Waals surface area contributed by atoms with E-state index in [1.165, 1.54) is 0 Å². The molecule has 2 fully saturated rings. The molecule has 0 saturated carbocycles. The number of nitrogen functional groups attached to an aromatic ring is 4. The zero-order chi connectivity index (χ0) is 68.0. The number of nitrogens with one attached hydrogen (secondary N) is 8. The maximum Gasteiger partial charge on any atom is 4.00 e. The number of aromatic amines is 4. The van der Waals surface area contributed by atoms with E-state index in [0.29, 0.717) is 0 Å². The standard InChI is InChI=1S/2C20H26N10O13P2S2.Mo/c2*21-19-26-13-7(15(33)28-19)24-6-12(47)11(46)5(41-17(6)25-13)2-40-45(37,38)43-44(35,36)39-1-4-9(31)10(32)18(42-4)30-3-23-8-14(30)27-20(22)29-16(8)34;/h2*3-6,9-10,17-18,24,31-32,46-47H,1-2H2,(H,35,36)(H,37,38)(H3,22,27,29,34)(H4,21,25,26,28,33);/q;;+4/p-8/t2*4?,5?,6?,9-,10-,17?,18-;/m11./s1. The van der Waals surface area contributed by atoms with Crippen LogP contribution in [0.3, 0.4) is 0 Å². The number of nitrogens with zero attached hydrogens (tertiary/aromatic N) is 8. The topological polar surface area (TPSA) is 705 Å². The zero-order valence-corrected chi connectivity index (χ0v) is 55.4. The molecule has 0 bridgehead atoms. The third kappa shape index (κ3) is 15.1. The van der Waals surface area contributed by atoms with E-state index in [2.05, 4.69) is 97.8 Å². The molecule has 0 radical (unpaired) electrons. The van der Waals surface area contributed by atoms with Gasteiger partial charge in [-0.15, -0.1) is 0 Å². The van der Waals surface area contributed by atoms with Crippen LogP contribution in [0.1, 0.15) is 12.5 Å². The summed E-state index contributed by atoms with van der Waals surface area (Å²) in [5, 5.41) is 53.2. The van der Waals surface area contributed by atoms with Crippen molar-refractivity contribution in [3.8, 4) is 0 Å². The molecule has 6 aliphatic heterocycles. The molecule has 55 heteroatoms. The predicted octanol–water partition coefficient (Wildman–Crippen LogP) is -8.18. The van der Waals surface area contributed by atoms with Crippen LogP contribution in [-0.4, -0.2) is 179 Å². The molecule has 6 aromatic heterocycles. The van der Waals surface area contributed by atoms with Crippen molar-refractivity contribution in [2.24, 2.45) is 0 Å². The van der Waals surface area contributed by atoms with Gasteiger partial charge in [-0.1, -0.05) is 0 Å². The Kier molecular flexibility index (Phi) is 20.8. The van der Waals surface area contributed by atoms with E-state index in [1.807, 2.05) is 0 Å². The fourth-order valence-electron chi connectivity index (χ4n) is 9.76. The first-order chi connectivity index (χ1) is 44.1. The third-order valence-corrected chi connectivity index (χ3v) is 21.2. The first-order valence-corrected chi connectivity index (χ1v) is 33.6. The smallest absolute Gasteiger partial charge is 0.783 e. The largest absolute Gasteiger partial charge is 4.00 e. The minimum atomic E-state index is -5.70. The Morgan fingerprint density at radius 3 is 1.17 bits per heavy atom. The van der Waals surface area contributed by atoms with Crippen molar-refractivity contribution < 1.29 is 125 Å². The molecule has 6 aromatic rings. The number of H-pyrrole nitrogens is 4. The number of rotatable bonds is 18. The summed E-state index contributed by atoms with van der Waals surface area (Å²) in [5.74, 6) is -0.888. The van der Waals surface area contributed by atoms with Crippen molar-refractivity contribution in [1.29, 1.82) is 0 Å². The summed E-state index contributed by atoms with van der Waals surface area (Å²) < 4.78 is 101. The number of ether oxygens (including phenoxy) is 4. The summed E-state index contributed by atoms with van der Waals surface area (Å²) in [7, 11) is -22.7. The van der Waals surface area contributed by atoms with Gasteiger partial charge in [0.2, 0.25) is 23.8 Å². The number of aliphatic hydroxyl groups excluding tert-OH is 4. The van der Waals surface area contributed by atoms with Gasteiger partial charge in [-0.2, -0.15) is 39.6 Å². The monoisotopic (exact) mass is 1570 g/mol. The first kappa shape index (κ1) is 71.9. The maximum absolute atomic E-state index is 12.4. The molecule has 18 atom stereocenters. The number of aromatic nitrogens is 12. The molecule has 12 unspecified atom stereocenters.